The molecule has 0 aliphatic heterocycles. The molecule has 1 aromatic heterocycles. The Labute approximate surface area is 116 Å². The molecular formula is C15H15N2O3-. The molecule has 1 aromatic carbocycles. The summed E-state index contributed by atoms with van der Waals surface area (Å²) in [5, 5.41) is 15.2. The summed E-state index contributed by atoms with van der Waals surface area (Å²) in [6.45, 7) is 3.68. The van der Waals surface area contributed by atoms with Crippen LogP contribution in [-0.2, 0) is 4.79 Å². The minimum atomic E-state index is -1.31. The Morgan fingerprint density at radius 3 is 2.35 bits per heavy atom. The van der Waals surface area contributed by atoms with Crippen LogP contribution in [0.4, 0.5) is 0 Å². The monoisotopic (exact) mass is 271 g/mol. The van der Waals surface area contributed by atoms with Gasteiger partial charge in [-0.05, 0) is 19.9 Å². The Morgan fingerprint density at radius 1 is 1.20 bits per heavy atom. The lowest BCUT2D eigenvalue weighted by Gasteiger charge is -2.18. The molecule has 5 nitrogen and oxygen atoms in total. The van der Waals surface area contributed by atoms with Crippen LogP contribution in [0.15, 0.2) is 36.5 Å². The third kappa shape index (κ3) is 3.12. The lowest BCUT2D eigenvalue weighted by atomic mass is 10.0. The van der Waals surface area contributed by atoms with Crippen LogP contribution in [-0.4, -0.2) is 21.5 Å². The van der Waals surface area contributed by atoms with Crippen LogP contribution < -0.4 is 5.11 Å². The Morgan fingerprint density at radius 2 is 1.85 bits per heavy atom. The maximum absolute atomic E-state index is 12.1. The number of rotatable bonds is 5. The van der Waals surface area contributed by atoms with E-state index in [0.29, 0.717) is 11.3 Å². The smallest absolute Gasteiger partial charge is 0.165 e. The predicted molar refractivity (Wildman–Crippen MR) is 71.1 cm³/mol. The van der Waals surface area contributed by atoms with Crippen LogP contribution in [0.2, 0.25) is 0 Å². The second-order valence-electron chi connectivity index (χ2n) is 4.77. The number of hydrogen-bond donors (Lipinski definition) is 0. The minimum Gasteiger partial charge on any atom is -0.548 e. The molecule has 1 atom stereocenters. The van der Waals surface area contributed by atoms with Gasteiger partial charge in [0.1, 0.15) is 0 Å². The van der Waals surface area contributed by atoms with Crippen molar-refractivity contribution in [2.75, 3.05) is 0 Å². The van der Waals surface area contributed by atoms with E-state index >= 15 is 0 Å². The maximum Gasteiger partial charge on any atom is 0.165 e. The highest BCUT2D eigenvalue weighted by Gasteiger charge is 2.18. The van der Waals surface area contributed by atoms with Crippen molar-refractivity contribution in [2.24, 2.45) is 0 Å². The van der Waals surface area contributed by atoms with E-state index in [4.69, 9.17) is 0 Å². The van der Waals surface area contributed by atoms with Gasteiger partial charge in [-0.3, -0.25) is 9.48 Å². The van der Waals surface area contributed by atoms with Gasteiger partial charge >= 0.3 is 0 Å². The highest BCUT2D eigenvalue weighted by atomic mass is 16.4. The number of hydrogen-bond acceptors (Lipinski definition) is 4. The summed E-state index contributed by atoms with van der Waals surface area (Å²) >= 11 is 0. The number of nitrogens with zero attached hydrogens (tertiary/aromatic N) is 2. The number of aliphatic carboxylic acids is 1. The average Bonchev–Trinajstić information content (AvgIpc) is 2.82. The summed E-state index contributed by atoms with van der Waals surface area (Å²) in [5.74, 6) is -1.55. The van der Waals surface area contributed by atoms with E-state index in [-0.39, 0.29) is 12.2 Å². The summed E-state index contributed by atoms with van der Waals surface area (Å²) in [5.41, 5.74) is 2.23. The van der Waals surface area contributed by atoms with E-state index in [2.05, 4.69) is 5.10 Å². The van der Waals surface area contributed by atoms with Crippen molar-refractivity contribution in [3.63, 3.8) is 0 Å². The number of Topliss-reactive ketones (excluding diaryl/α,β-unsaturated/α-hetero) is 1. The number of carboxylic acid groups (broad SMARTS) is 1. The van der Waals surface area contributed by atoms with Crippen molar-refractivity contribution in [1.29, 1.82) is 0 Å². The number of carboxylic acids is 1. The summed E-state index contributed by atoms with van der Waals surface area (Å²) in [4.78, 5) is 23.3. The van der Waals surface area contributed by atoms with E-state index < -0.39 is 12.0 Å². The van der Waals surface area contributed by atoms with Crippen LogP contribution in [0, 0.1) is 13.8 Å². The second kappa shape index (κ2) is 5.69. The quantitative estimate of drug-likeness (QED) is 0.762. The highest BCUT2D eigenvalue weighted by Crippen LogP contribution is 2.15. The largest absolute Gasteiger partial charge is 0.548 e. The van der Waals surface area contributed by atoms with Gasteiger partial charge in [-0.2, -0.15) is 5.10 Å². The maximum atomic E-state index is 12.1. The van der Waals surface area contributed by atoms with Crippen molar-refractivity contribution in [3.8, 4) is 0 Å². The van der Waals surface area contributed by atoms with E-state index in [0.717, 1.165) is 5.56 Å². The van der Waals surface area contributed by atoms with Crippen LogP contribution >= 0.6 is 0 Å². The number of aryl methyl sites for hydroxylation is 2. The summed E-state index contributed by atoms with van der Waals surface area (Å²) in [6.07, 6.45) is 1.37. The van der Waals surface area contributed by atoms with Gasteiger partial charge in [-0.1, -0.05) is 29.8 Å². The van der Waals surface area contributed by atoms with Gasteiger partial charge in [0.05, 0.1) is 17.7 Å². The van der Waals surface area contributed by atoms with Crippen molar-refractivity contribution in [2.45, 2.75) is 26.3 Å². The van der Waals surface area contributed by atoms with Crippen LogP contribution in [0.5, 0.6) is 0 Å². The molecule has 1 heterocycles. The minimum absolute atomic E-state index is 0.174. The van der Waals surface area contributed by atoms with Crippen LogP contribution in [0.25, 0.3) is 0 Å². The van der Waals surface area contributed by atoms with Crippen LogP contribution in [0.3, 0.4) is 0 Å². The molecule has 0 radical (unpaired) electrons. The first-order valence-corrected chi connectivity index (χ1v) is 6.30. The molecule has 0 fully saturated rings. The molecule has 0 bridgehead atoms. The number of ketones is 1. The second-order valence-corrected chi connectivity index (χ2v) is 4.77. The fourth-order valence-electron chi connectivity index (χ4n) is 1.92. The van der Waals surface area contributed by atoms with Gasteiger partial charge in [-0.15, -0.1) is 0 Å². The van der Waals surface area contributed by atoms with Gasteiger partial charge in [0.25, 0.3) is 0 Å². The molecule has 104 valence electrons. The lowest BCUT2D eigenvalue weighted by Crippen LogP contribution is -2.35. The molecule has 0 saturated heterocycles. The van der Waals surface area contributed by atoms with Crippen molar-refractivity contribution in [1.82, 2.24) is 9.78 Å². The fourth-order valence-corrected chi connectivity index (χ4v) is 1.92. The summed E-state index contributed by atoms with van der Waals surface area (Å²) in [6, 6.07) is 7.62. The molecule has 0 amide bonds. The van der Waals surface area contributed by atoms with Crippen molar-refractivity contribution < 1.29 is 14.7 Å². The number of benzene rings is 1. The zero-order valence-electron chi connectivity index (χ0n) is 11.4. The Bertz CT molecular complexity index is 629. The van der Waals surface area contributed by atoms with Crippen molar-refractivity contribution >= 4 is 11.8 Å². The molecule has 0 N–H and O–H groups in total. The third-order valence-electron chi connectivity index (χ3n) is 3.09. The van der Waals surface area contributed by atoms with E-state index in [1.807, 2.05) is 19.1 Å². The standard InChI is InChI=1S/C15H16N2O3/c1-10-3-5-12(6-4-10)14(18)9-13(15(19)20)17-8-7-11(2)16-17/h3-8,13H,9H2,1-2H3,(H,19,20)/p-1/t13-/m1/s1. The van der Waals surface area contributed by atoms with Gasteiger partial charge in [0.15, 0.2) is 5.78 Å². The Balaban J connectivity index is 2.18. The van der Waals surface area contributed by atoms with Gasteiger partial charge in [0, 0.05) is 18.2 Å². The molecule has 20 heavy (non-hydrogen) atoms. The van der Waals surface area contributed by atoms with E-state index in [1.54, 1.807) is 25.1 Å². The van der Waals surface area contributed by atoms with E-state index in [1.165, 1.54) is 10.9 Å². The summed E-state index contributed by atoms with van der Waals surface area (Å²) in [7, 11) is 0. The number of carbonyl (C=O) groups excluding carboxylic acids is 2. The zero-order valence-corrected chi connectivity index (χ0v) is 11.4. The molecule has 5 heteroatoms. The topological polar surface area (TPSA) is 75.0 Å². The molecule has 2 aromatic rings. The Hall–Kier alpha value is -2.43. The molecule has 2 rings (SSSR count). The number of carbonyl (C=O) groups is 2. The predicted octanol–water partition coefficient (Wildman–Crippen LogP) is 1.06. The molecule has 0 unspecified atom stereocenters. The first-order chi connectivity index (χ1) is 9.47. The zero-order chi connectivity index (χ0) is 14.7. The van der Waals surface area contributed by atoms with Gasteiger partial charge in [-0.25, -0.2) is 0 Å². The van der Waals surface area contributed by atoms with Crippen molar-refractivity contribution in [3.05, 3.63) is 53.3 Å². The lowest BCUT2D eigenvalue weighted by molar-refractivity contribution is -0.310. The fraction of sp³-hybridized carbons (Fsp3) is 0.267. The molecule has 0 aliphatic carbocycles. The van der Waals surface area contributed by atoms with Crippen LogP contribution in [0.1, 0.15) is 34.1 Å². The van der Waals surface area contributed by atoms with Gasteiger partial charge in [0.2, 0.25) is 0 Å². The normalized spacial score (nSPS) is 12.1. The molecule has 0 aliphatic rings. The highest BCUT2D eigenvalue weighted by molar-refractivity contribution is 5.98. The number of aromatic nitrogens is 2. The molecule has 0 saturated carbocycles. The first kappa shape index (κ1) is 14.0. The van der Waals surface area contributed by atoms with Gasteiger partial charge < -0.3 is 9.90 Å². The SMILES string of the molecule is Cc1ccc(C(=O)C[C@H](C(=O)[O-])n2ccc(C)n2)cc1. The average molecular weight is 271 g/mol. The third-order valence-corrected chi connectivity index (χ3v) is 3.09. The molecule has 0 spiro atoms. The molecular weight excluding hydrogens is 256 g/mol. The van der Waals surface area contributed by atoms with E-state index in [9.17, 15) is 14.7 Å². The summed E-state index contributed by atoms with van der Waals surface area (Å²) < 4.78 is 1.26. The Kier molecular flexibility index (Phi) is 3.98. The first-order valence-electron chi connectivity index (χ1n) is 6.30.